The molecule has 0 rings (SSSR count). The summed E-state index contributed by atoms with van der Waals surface area (Å²) in [7, 11) is 0. The standard InChI is InChI=1S/C13H19NO2.C3H6O.2C2H6/c1-5-7-12(6-2)8-9-13(16)14-10(3)11(4)15;1-3(2)4;2*1-2/h5-7,10H,1-2,8-9H2,3-4H3,(H,14,16);1-2H3;2*1-2H3/b12-7+;;;. The summed E-state index contributed by atoms with van der Waals surface area (Å²) in [6, 6.07) is -0.414. The molecular formula is C20H37NO3. The summed E-state index contributed by atoms with van der Waals surface area (Å²) in [5.74, 6) is -0.00144. The number of hydrogen-bond acceptors (Lipinski definition) is 3. The molecule has 0 aromatic carbocycles. The van der Waals surface area contributed by atoms with Gasteiger partial charge in [-0.05, 0) is 39.7 Å². The van der Waals surface area contributed by atoms with Gasteiger partial charge in [0.2, 0.25) is 5.91 Å². The van der Waals surface area contributed by atoms with Crippen molar-refractivity contribution in [2.24, 2.45) is 0 Å². The Labute approximate surface area is 149 Å². The van der Waals surface area contributed by atoms with E-state index < -0.39 is 6.04 Å². The van der Waals surface area contributed by atoms with Gasteiger partial charge in [0.25, 0.3) is 0 Å². The van der Waals surface area contributed by atoms with E-state index in [0.717, 1.165) is 5.57 Å². The van der Waals surface area contributed by atoms with Crippen LogP contribution in [0.15, 0.2) is 37.0 Å². The second kappa shape index (κ2) is 23.3. The lowest BCUT2D eigenvalue weighted by Gasteiger charge is -2.10. The average Bonchev–Trinajstić information content (AvgIpc) is 2.54. The van der Waals surface area contributed by atoms with Gasteiger partial charge < -0.3 is 10.1 Å². The highest BCUT2D eigenvalue weighted by molar-refractivity contribution is 5.87. The molecule has 0 fully saturated rings. The molecule has 0 spiro atoms. The molecule has 0 bridgehead atoms. The Balaban J connectivity index is -0.000000212. The zero-order valence-electron chi connectivity index (χ0n) is 16.9. The van der Waals surface area contributed by atoms with Crippen LogP contribution < -0.4 is 5.32 Å². The Bertz CT molecular complexity index is 392. The molecule has 0 aromatic heterocycles. The van der Waals surface area contributed by atoms with Crippen LogP contribution in [0.3, 0.4) is 0 Å². The lowest BCUT2D eigenvalue weighted by atomic mass is 10.1. The minimum atomic E-state index is -0.414. The third-order valence-electron chi connectivity index (χ3n) is 2.22. The molecule has 1 unspecified atom stereocenters. The number of rotatable bonds is 7. The zero-order valence-corrected chi connectivity index (χ0v) is 16.9. The van der Waals surface area contributed by atoms with E-state index in [1.807, 2.05) is 33.8 Å². The van der Waals surface area contributed by atoms with Crippen molar-refractivity contribution in [2.75, 3.05) is 0 Å². The number of nitrogens with one attached hydrogen (secondary N) is 1. The van der Waals surface area contributed by atoms with Crippen molar-refractivity contribution in [3.63, 3.8) is 0 Å². The van der Waals surface area contributed by atoms with Crippen LogP contribution in [0, 0.1) is 0 Å². The fourth-order valence-electron chi connectivity index (χ4n) is 1.08. The van der Waals surface area contributed by atoms with E-state index in [4.69, 9.17) is 0 Å². The predicted molar refractivity (Wildman–Crippen MR) is 105 cm³/mol. The number of hydrogen-bond donors (Lipinski definition) is 1. The van der Waals surface area contributed by atoms with Crippen LogP contribution in [0.2, 0.25) is 0 Å². The Kier molecular flexibility index (Phi) is 29.1. The highest BCUT2D eigenvalue weighted by atomic mass is 16.2. The van der Waals surface area contributed by atoms with Crippen molar-refractivity contribution in [2.45, 2.75) is 74.3 Å². The van der Waals surface area contributed by atoms with Crippen molar-refractivity contribution in [1.29, 1.82) is 0 Å². The zero-order chi connectivity index (χ0) is 20.1. The van der Waals surface area contributed by atoms with E-state index in [1.165, 1.54) is 20.8 Å². The Morgan fingerprint density at radius 3 is 1.67 bits per heavy atom. The van der Waals surface area contributed by atoms with Crippen LogP contribution in [0.4, 0.5) is 0 Å². The lowest BCUT2D eigenvalue weighted by Crippen LogP contribution is -2.37. The maximum Gasteiger partial charge on any atom is 0.220 e. The van der Waals surface area contributed by atoms with Gasteiger partial charge in [0, 0.05) is 6.42 Å². The van der Waals surface area contributed by atoms with Crippen molar-refractivity contribution in [1.82, 2.24) is 5.32 Å². The topological polar surface area (TPSA) is 63.2 Å². The fourth-order valence-corrected chi connectivity index (χ4v) is 1.08. The van der Waals surface area contributed by atoms with Gasteiger partial charge in [-0.3, -0.25) is 9.59 Å². The van der Waals surface area contributed by atoms with Crippen molar-refractivity contribution < 1.29 is 14.4 Å². The van der Waals surface area contributed by atoms with Crippen LogP contribution in [-0.2, 0) is 14.4 Å². The van der Waals surface area contributed by atoms with Crippen molar-refractivity contribution in [3.05, 3.63) is 37.0 Å². The fraction of sp³-hybridized carbons (Fsp3) is 0.550. The van der Waals surface area contributed by atoms with E-state index >= 15 is 0 Å². The van der Waals surface area contributed by atoms with Gasteiger partial charge >= 0.3 is 0 Å². The largest absolute Gasteiger partial charge is 0.347 e. The highest BCUT2D eigenvalue weighted by Gasteiger charge is 2.10. The number of allylic oxidation sites excluding steroid dienone is 4. The summed E-state index contributed by atoms with van der Waals surface area (Å²) >= 11 is 0. The molecule has 140 valence electrons. The quantitative estimate of drug-likeness (QED) is 0.677. The minimum absolute atomic E-state index is 0.0427. The molecule has 0 radical (unpaired) electrons. The minimum Gasteiger partial charge on any atom is -0.347 e. The number of amides is 1. The maximum absolute atomic E-state index is 11.4. The van der Waals surface area contributed by atoms with Gasteiger partial charge in [-0.25, -0.2) is 0 Å². The summed E-state index contributed by atoms with van der Waals surface area (Å²) in [6.07, 6.45) is 6.13. The predicted octanol–water partition coefficient (Wildman–Crippen LogP) is 4.81. The molecule has 0 aromatic rings. The SMILES string of the molecule is C=C/C=C(\C=C)CCC(=O)NC(C)C(C)=O.CC.CC.CC(C)=O. The molecule has 0 aliphatic heterocycles. The van der Waals surface area contributed by atoms with Crippen LogP contribution in [-0.4, -0.2) is 23.5 Å². The molecule has 1 amide bonds. The normalized spacial score (nSPS) is 10.1. The first-order valence-electron chi connectivity index (χ1n) is 8.45. The monoisotopic (exact) mass is 339 g/mol. The van der Waals surface area contributed by atoms with Gasteiger partial charge in [-0.15, -0.1) is 0 Å². The first kappa shape index (κ1) is 30.0. The molecule has 0 saturated carbocycles. The number of carbonyl (C=O) groups is 3. The molecule has 1 atom stereocenters. The maximum atomic E-state index is 11.4. The van der Waals surface area contributed by atoms with Crippen molar-refractivity contribution in [3.8, 4) is 0 Å². The first-order chi connectivity index (χ1) is 11.2. The lowest BCUT2D eigenvalue weighted by molar-refractivity contribution is -0.126. The first-order valence-corrected chi connectivity index (χ1v) is 8.45. The van der Waals surface area contributed by atoms with E-state index in [0.29, 0.717) is 12.8 Å². The Hall–Kier alpha value is -1.97. The molecule has 4 heteroatoms. The highest BCUT2D eigenvalue weighted by Crippen LogP contribution is 2.06. The molecule has 24 heavy (non-hydrogen) atoms. The summed E-state index contributed by atoms with van der Waals surface area (Å²) < 4.78 is 0. The number of Topliss-reactive ketones (excluding diaryl/α,β-unsaturated/α-hetero) is 2. The summed E-state index contributed by atoms with van der Waals surface area (Å²) in [5, 5.41) is 2.63. The van der Waals surface area contributed by atoms with Gasteiger partial charge in [0.1, 0.15) is 5.78 Å². The van der Waals surface area contributed by atoms with Gasteiger partial charge in [0.05, 0.1) is 6.04 Å². The van der Waals surface area contributed by atoms with Crippen LogP contribution in [0.5, 0.6) is 0 Å². The Morgan fingerprint density at radius 1 is 0.958 bits per heavy atom. The molecule has 0 saturated heterocycles. The second-order valence-corrected chi connectivity index (χ2v) is 4.49. The number of ketones is 2. The molecule has 0 heterocycles. The molecule has 0 aliphatic rings. The summed E-state index contributed by atoms with van der Waals surface area (Å²) in [4.78, 5) is 31.8. The third kappa shape index (κ3) is 28.2. The summed E-state index contributed by atoms with van der Waals surface area (Å²) in [6.45, 7) is 21.4. The smallest absolute Gasteiger partial charge is 0.220 e. The van der Waals surface area contributed by atoms with Crippen LogP contribution >= 0.6 is 0 Å². The van der Waals surface area contributed by atoms with Gasteiger partial charge in [-0.1, -0.05) is 59.1 Å². The molecular weight excluding hydrogens is 302 g/mol. The van der Waals surface area contributed by atoms with Crippen LogP contribution in [0.1, 0.15) is 68.2 Å². The van der Waals surface area contributed by atoms with Gasteiger partial charge in [-0.2, -0.15) is 0 Å². The molecule has 4 nitrogen and oxygen atoms in total. The summed E-state index contributed by atoms with van der Waals surface area (Å²) in [5.41, 5.74) is 0.959. The average molecular weight is 340 g/mol. The van der Waals surface area contributed by atoms with Crippen molar-refractivity contribution >= 4 is 17.5 Å². The Morgan fingerprint density at radius 2 is 1.38 bits per heavy atom. The van der Waals surface area contributed by atoms with E-state index in [-0.39, 0.29) is 17.5 Å². The van der Waals surface area contributed by atoms with E-state index in [2.05, 4.69) is 18.5 Å². The van der Waals surface area contributed by atoms with E-state index in [9.17, 15) is 14.4 Å². The van der Waals surface area contributed by atoms with E-state index in [1.54, 1.807) is 19.1 Å². The van der Waals surface area contributed by atoms with Gasteiger partial charge in [0.15, 0.2) is 5.78 Å². The second-order valence-electron chi connectivity index (χ2n) is 4.49. The molecule has 1 N–H and O–H groups in total. The third-order valence-corrected chi connectivity index (χ3v) is 2.22. The number of carbonyl (C=O) groups excluding carboxylic acids is 3. The molecule has 0 aliphatic carbocycles. The van der Waals surface area contributed by atoms with Crippen LogP contribution in [0.25, 0.3) is 0 Å².